The quantitative estimate of drug-likeness (QED) is 0.847. The number of halogens is 1. The van der Waals surface area contributed by atoms with Gasteiger partial charge in [0.1, 0.15) is 0 Å². The minimum Gasteiger partial charge on any atom is -0.305 e. The summed E-state index contributed by atoms with van der Waals surface area (Å²) in [5.41, 5.74) is 0.457. The Hall–Kier alpha value is -0.190. The first-order valence-corrected chi connectivity index (χ1v) is 6.88. The molecule has 1 aromatic rings. The number of hydrogen-bond acceptors (Lipinski definition) is 3. The van der Waals surface area contributed by atoms with E-state index >= 15 is 0 Å². The molecule has 2 heterocycles. The lowest BCUT2D eigenvalue weighted by atomic mass is 9.84. The van der Waals surface area contributed by atoms with Crippen molar-refractivity contribution in [1.82, 2.24) is 5.32 Å². The predicted octanol–water partition coefficient (Wildman–Crippen LogP) is 3.23. The van der Waals surface area contributed by atoms with Gasteiger partial charge in [-0.25, -0.2) is 0 Å². The number of thiophene rings is 1. The van der Waals surface area contributed by atoms with E-state index in [1.807, 2.05) is 17.7 Å². The summed E-state index contributed by atoms with van der Waals surface area (Å²) in [5.74, 6) is 0.218. The van der Waals surface area contributed by atoms with Crippen LogP contribution in [0.2, 0.25) is 0 Å². The topological polar surface area (TPSA) is 29.1 Å². The molecule has 15 heavy (non-hydrogen) atoms. The predicted molar refractivity (Wildman–Crippen MR) is 66.6 cm³/mol. The zero-order valence-corrected chi connectivity index (χ0v) is 11.1. The number of hydrogen-bond donors (Lipinski definition) is 1. The van der Waals surface area contributed by atoms with Crippen LogP contribution in [-0.4, -0.2) is 17.9 Å². The largest absolute Gasteiger partial charge is 0.305 e. The van der Waals surface area contributed by atoms with Crippen molar-refractivity contribution in [1.29, 1.82) is 0 Å². The van der Waals surface area contributed by atoms with Gasteiger partial charge < -0.3 is 5.32 Å². The van der Waals surface area contributed by atoms with Gasteiger partial charge in [-0.15, -0.1) is 0 Å². The molecule has 0 aliphatic carbocycles. The second-order valence-corrected chi connectivity index (χ2v) is 5.78. The van der Waals surface area contributed by atoms with E-state index in [9.17, 15) is 4.79 Å². The highest BCUT2D eigenvalue weighted by atomic mass is 79.9. The average Bonchev–Trinajstić information content (AvgIpc) is 2.64. The van der Waals surface area contributed by atoms with Crippen molar-refractivity contribution < 1.29 is 4.79 Å². The fourth-order valence-electron chi connectivity index (χ4n) is 1.99. The number of nitrogens with one attached hydrogen (secondary N) is 1. The van der Waals surface area contributed by atoms with Gasteiger partial charge in [0.25, 0.3) is 0 Å². The third-order valence-electron chi connectivity index (χ3n) is 2.98. The van der Waals surface area contributed by atoms with E-state index in [1.165, 1.54) is 6.42 Å². The van der Waals surface area contributed by atoms with E-state index < -0.39 is 0 Å². The van der Waals surface area contributed by atoms with Crippen molar-refractivity contribution in [2.45, 2.75) is 31.7 Å². The molecule has 2 nitrogen and oxygen atoms in total. The molecular formula is C11H14BrNOS. The van der Waals surface area contributed by atoms with Gasteiger partial charge >= 0.3 is 0 Å². The van der Waals surface area contributed by atoms with Crippen LogP contribution in [0.5, 0.6) is 0 Å². The maximum atomic E-state index is 12.3. The van der Waals surface area contributed by atoms with Gasteiger partial charge in [0.05, 0.1) is 5.54 Å². The molecule has 82 valence electrons. The first-order chi connectivity index (χ1) is 7.13. The van der Waals surface area contributed by atoms with E-state index in [2.05, 4.69) is 21.2 Å². The Kier molecular flexibility index (Phi) is 3.28. The summed E-state index contributed by atoms with van der Waals surface area (Å²) >= 11 is 4.98. The molecule has 0 bridgehead atoms. The fourth-order valence-corrected chi connectivity index (χ4v) is 3.45. The molecule has 0 aromatic carbocycles. The number of carbonyl (C=O) groups excluding carboxylic acids is 1. The molecule has 1 fully saturated rings. The number of piperidine rings is 1. The van der Waals surface area contributed by atoms with Crippen LogP contribution in [0.3, 0.4) is 0 Å². The van der Waals surface area contributed by atoms with Crippen LogP contribution in [0.1, 0.15) is 36.5 Å². The second kappa shape index (κ2) is 4.36. The van der Waals surface area contributed by atoms with E-state index in [-0.39, 0.29) is 11.3 Å². The maximum absolute atomic E-state index is 12.3. The molecule has 2 rings (SSSR count). The number of Topliss-reactive ketones (excluding diaryl/α,β-unsaturated/α-hetero) is 1. The number of rotatable bonds is 2. The van der Waals surface area contributed by atoms with Gasteiger partial charge in [0, 0.05) is 20.8 Å². The van der Waals surface area contributed by atoms with Gasteiger partial charge in [0.2, 0.25) is 0 Å². The smallest absolute Gasteiger partial charge is 0.184 e. The molecular weight excluding hydrogens is 274 g/mol. The van der Waals surface area contributed by atoms with Crippen LogP contribution in [0.4, 0.5) is 0 Å². The Morgan fingerprint density at radius 2 is 2.33 bits per heavy atom. The van der Waals surface area contributed by atoms with Crippen molar-refractivity contribution in [3.05, 3.63) is 20.8 Å². The van der Waals surface area contributed by atoms with Gasteiger partial charge in [-0.2, -0.15) is 11.3 Å². The van der Waals surface area contributed by atoms with E-state index in [4.69, 9.17) is 0 Å². The normalized spacial score (nSPS) is 26.5. The van der Waals surface area contributed by atoms with E-state index in [1.54, 1.807) is 11.3 Å². The lowest BCUT2D eigenvalue weighted by molar-refractivity contribution is 0.0834. The Morgan fingerprint density at radius 1 is 1.53 bits per heavy atom. The van der Waals surface area contributed by atoms with Crippen molar-refractivity contribution in [3.63, 3.8) is 0 Å². The second-order valence-electron chi connectivity index (χ2n) is 4.18. The summed E-state index contributed by atoms with van der Waals surface area (Å²) in [4.78, 5) is 12.3. The van der Waals surface area contributed by atoms with Crippen LogP contribution in [0.25, 0.3) is 0 Å². The molecule has 0 amide bonds. The minimum atomic E-state index is -0.359. The summed E-state index contributed by atoms with van der Waals surface area (Å²) in [6, 6.07) is 0. The van der Waals surface area contributed by atoms with E-state index in [0.717, 1.165) is 29.4 Å². The summed E-state index contributed by atoms with van der Waals surface area (Å²) in [6.45, 7) is 2.96. The van der Waals surface area contributed by atoms with Crippen LogP contribution >= 0.6 is 27.3 Å². The highest BCUT2D eigenvalue weighted by Crippen LogP contribution is 2.29. The molecule has 1 aliphatic rings. The van der Waals surface area contributed by atoms with Crippen LogP contribution in [0, 0.1) is 0 Å². The van der Waals surface area contributed by atoms with Gasteiger partial charge in [-0.05, 0) is 48.7 Å². The van der Waals surface area contributed by atoms with E-state index in [0.29, 0.717) is 0 Å². The Balaban J connectivity index is 2.23. The number of carbonyl (C=O) groups is 1. The SMILES string of the molecule is CC1(C(=O)c2cscc2Br)CCCCN1. The van der Waals surface area contributed by atoms with Crippen LogP contribution < -0.4 is 5.32 Å². The van der Waals surface area contributed by atoms with Gasteiger partial charge in [0.15, 0.2) is 5.78 Å². The third kappa shape index (κ3) is 2.17. The standard InChI is InChI=1S/C11H14BrNOS/c1-11(4-2-3-5-13-11)10(14)8-6-15-7-9(8)12/h6-7,13H,2-5H2,1H3. The minimum absolute atomic E-state index is 0.218. The third-order valence-corrected chi connectivity index (χ3v) is 4.68. The molecule has 0 spiro atoms. The molecule has 1 N–H and O–H groups in total. The van der Waals surface area contributed by atoms with Crippen molar-refractivity contribution in [2.24, 2.45) is 0 Å². The first kappa shape index (κ1) is 11.3. The lowest BCUT2D eigenvalue weighted by Crippen LogP contribution is -2.52. The molecule has 1 aliphatic heterocycles. The highest BCUT2D eigenvalue weighted by molar-refractivity contribution is 9.10. The zero-order chi connectivity index (χ0) is 10.9. The summed E-state index contributed by atoms with van der Waals surface area (Å²) in [7, 11) is 0. The summed E-state index contributed by atoms with van der Waals surface area (Å²) in [6.07, 6.45) is 3.25. The lowest BCUT2D eigenvalue weighted by Gasteiger charge is -2.33. The molecule has 1 atom stereocenters. The summed E-state index contributed by atoms with van der Waals surface area (Å²) < 4.78 is 0.922. The van der Waals surface area contributed by atoms with Crippen molar-refractivity contribution >= 4 is 33.0 Å². The fraction of sp³-hybridized carbons (Fsp3) is 0.545. The Labute approximate surface area is 102 Å². The van der Waals surface area contributed by atoms with Crippen molar-refractivity contribution in [2.75, 3.05) is 6.54 Å². The molecule has 1 unspecified atom stereocenters. The monoisotopic (exact) mass is 287 g/mol. The van der Waals surface area contributed by atoms with Crippen molar-refractivity contribution in [3.8, 4) is 0 Å². The summed E-state index contributed by atoms with van der Waals surface area (Å²) in [5, 5.41) is 7.23. The Bertz CT molecular complexity index is 368. The first-order valence-electron chi connectivity index (χ1n) is 5.15. The Morgan fingerprint density at radius 3 is 2.87 bits per heavy atom. The van der Waals surface area contributed by atoms with Crippen LogP contribution in [0.15, 0.2) is 15.2 Å². The van der Waals surface area contributed by atoms with Gasteiger partial charge in [-0.3, -0.25) is 4.79 Å². The molecule has 0 radical (unpaired) electrons. The van der Waals surface area contributed by atoms with Crippen LogP contribution in [-0.2, 0) is 0 Å². The zero-order valence-electron chi connectivity index (χ0n) is 8.68. The molecule has 1 aromatic heterocycles. The maximum Gasteiger partial charge on any atom is 0.184 e. The highest BCUT2D eigenvalue weighted by Gasteiger charge is 2.35. The molecule has 0 saturated carbocycles. The molecule has 4 heteroatoms. The molecule has 1 saturated heterocycles. The van der Waals surface area contributed by atoms with Gasteiger partial charge in [-0.1, -0.05) is 0 Å². The number of ketones is 1. The average molecular weight is 288 g/mol.